The smallest absolute Gasteiger partial charge is 0.258 e. The lowest BCUT2D eigenvalue weighted by molar-refractivity contribution is 0.670. The highest BCUT2D eigenvalue weighted by Gasteiger charge is 2.11. The molecule has 0 saturated carbocycles. The van der Waals surface area contributed by atoms with E-state index in [4.69, 9.17) is 4.42 Å². The standard InChI is InChI=1S/C21H13NO2S/c23-20-12-19(25-22-20)14-10-8-13(9-11-14)15-5-3-6-17-16-4-1-2-7-18(16)24-21(15)17/h1-12H,(H,22,23). The summed E-state index contributed by atoms with van der Waals surface area (Å²) in [5.74, 6) is 0. The molecule has 3 aromatic carbocycles. The zero-order valence-electron chi connectivity index (χ0n) is 13.2. The molecule has 5 aromatic rings. The lowest BCUT2D eigenvalue weighted by atomic mass is 10.0. The molecule has 25 heavy (non-hydrogen) atoms. The van der Waals surface area contributed by atoms with Crippen molar-refractivity contribution in [2.45, 2.75) is 0 Å². The summed E-state index contributed by atoms with van der Waals surface area (Å²) in [6.45, 7) is 0. The Hall–Kier alpha value is -3.11. The molecule has 0 radical (unpaired) electrons. The van der Waals surface area contributed by atoms with Crippen molar-refractivity contribution in [2.75, 3.05) is 0 Å². The van der Waals surface area contributed by atoms with Gasteiger partial charge in [0.25, 0.3) is 5.56 Å². The molecular weight excluding hydrogens is 330 g/mol. The van der Waals surface area contributed by atoms with Gasteiger partial charge in [-0.15, -0.1) is 0 Å². The SMILES string of the molecule is O=c1cc(-c2ccc(-c3cccc4c3oc3ccccc34)cc2)s[nH]1. The molecule has 4 heteroatoms. The molecule has 0 bridgehead atoms. The molecule has 0 aliphatic rings. The van der Waals surface area contributed by atoms with E-state index in [1.54, 1.807) is 6.07 Å². The van der Waals surface area contributed by atoms with Crippen molar-refractivity contribution in [3.63, 3.8) is 0 Å². The molecular formula is C21H13NO2S. The van der Waals surface area contributed by atoms with Crippen molar-refractivity contribution < 1.29 is 4.42 Å². The summed E-state index contributed by atoms with van der Waals surface area (Å²) in [7, 11) is 0. The first kappa shape index (κ1) is 14.3. The zero-order chi connectivity index (χ0) is 16.8. The Morgan fingerprint density at radius 1 is 0.800 bits per heavy atom. The molecule has 0 fully saturated rings. The fourth-order valence-corrected chi connectivity index (χ4v) is 3.90. The lowest BCUT2D eigenvalue weighted by Crippen LogP contribution is -1.91. The highest BCUT2D eigenvalue weighted by atomic mass is 32.1. The van der Waals surface area contributed by atoms with Crippen molar-refractivity contribution in [1.29, 1.82) is 0 Å². The second-order valence-corrected chi connectivity index (χ2v) is 6.78. The predicted octanol–water partition coefficient (Wildman–Crippen LogP) is 5.67. The highest BCUT2D eigenvalue weighted by molar-refractivity contribution is 7.09. The normalized spacial score (nSPS) is 11.4. The Morgan fingerprint density at radius 3 is 2.36 bits per heavy atom. The van der Waals surface area contributed by atoms with E-state index in [1.807, 2.05) is 30.3 Å². The Balaban J connectivity index is 1.67. The number of hydrogen-bond acceptors (Lipinski definition) is 3. The monoisotopic (exact) mass is 343 g/mol. The van der Waals surface area contributed by atoms with E-state index in [2.05, 4.69) is 40.8 Å². The van der Waals surface area contributed by atoms with Crippen LogP contribution in [0.1, 0.15) is 0 Å². The summed E-state index contributed by atoms with van der Waals surface area (Å²) in [6, 6.07) is 24.2. The number of aromatic amines is 1. The van der Waals surface area contributed by atoms with Crippen LogP contribution in [0.4, 0.5) is 0 Å². The van der Waals surface area contributed by atoms with Crippen LogP contribution < -0.4 is 5.56 Å². The minimum absolute atomic E-state index is 0.0591. The van der Waals surface area contributed by atoms with Gasteiger partial charge in [-0.05, 0) is 17.2 Å². The van der Waals surface area contributed by atoms with Gasteiger partial charge in [-0.1, -0.05) is 72.2 Å². The second kappa shape index (κ2) is 5.46. The van der Waals surface area contributed by atoms with Crippen LogP contribution in [0.25, 0.3) is 43.5 Å². The van der Waals surface area contributed by atoms with Crippen LogP contribution in [0.3, 0.4) is 0 Å². The Labute approximate surface area is 147 Å². The molecule has 2 aromatic heterocycles. The van der Waals surface area contributed by atoms with E-state index in [0.717, 1.165) is 43.5 Å². The number of furan rings is 1. The highest BCUT2D eigenvalue weighted by Crippen LogP contribution is 2.36. The van der Waals surface area contributed by atoms with Gasteiger partial charge >= 0.3 is 0 Å². The number of aromatic nitrogens is 1. The van der Waals surface area contributed by atoms with E-state index in [-0.39, 0.29) is 5.56 Å². The van der Waals surface area contributed by atoms with Gasteiger partial charge < -0.3 is 4.42 Å². The Bertz CT molecular complexity index is 1260. The summed E-state index contributed by atoms with van der Waals surface area (Å²) in [5, 5.41) is 2.26. The predicted molar refractivity (Wildman–Crippen MR) is 103 cm³/mol. The van der Waals surface area contributed by atoms with Gasteiger partial charge in [-0.2, -0.15) is 0 Å². The van der Waals surface area contributed by atoms with Gasteiger partial charge in [-0.3, -0.25) is 9.17 Å². The lowest BCUT2D eigenvalue weighted by Gasteiger charge is -2.04. The van der Waals surface area contributed by atoms with E-state index in [1.165, 1.54) is 11.5 Å². The molecule has 3 nitrogen and oxygen atoms in total. The third-order valence-electron chi connectivity index (χ3n) is 4.41. The number of H-pyrrole nitrogens is 1. The van der Waals surface area contributed by atoms with E-state index in [9.17, 15) is 4.79 Å². The van der Waals surface area contributed by atoms with Crippen LogP contribution in [0.5, 0.6) is 0 Å². The number of fused-ring (bicyclic) bond motifs is 3. The summed E-state index contributed by atoms with van der Waals surface area (Å²) in [4.78, 5) is 12.3. The van der Waals surface area contributed by atoms with Crippen molar-refractivity contribution in [3.05, 3.63) is 83.2 Å². The van der Waals surface area contributed by atoms with Gasteiger partial charge in [0.05, 0.1) is 4.88 Å². The average Bonchev–Trinajstić information content (AvgIpc) is 3.25. The third-order valence-corrected chi connectivity index (χ3v) is 5.29. The second-order valence-electron chi connectivity index (χ2n) is 5.93. The third kappa shape index (κ3) is 2.30. The molecule has 0 atom stereocenters. The Kier molecular flexibility index (Phi) is 3.11. The van der Waals surface area contributed by atoms with E-state index >= 15 is 0 Å². The molecule has 0 amide bonds. The van der Waals surface area contributed by atoms with Gasteiger partial charge in [0.2, 0.25) is 0 Å². The van der Waals surface area contributed by atoms with Crippen molar-refractivity contribution >= 4 is 33.5 Å². The van der Waals surface area contributed by atoms with Crippen LogP contribution in [0.15, 0.2) is 82.0 Å². The maximum atomic E-state index is 11.3. The zero-order valence-corrected chi connectivity index (χ0v) is 14.0. The minimum Gasteiger partial charge on any atom is -0.455 e. The molecule has 0 aliphatic heterocycles. The summed E-state index contributed by atoms with van der Waals surface area (Å²) in [6.07, 6.45) is 0. The van der Waals surface area contributed by atoms with Crippen molar-refractivity contribution in [2.24, 2.45) is 0 Å². The fraction of sp³-hybridized carbons (Fsp3) is 0. The molecule has 5 rings (SSSR count). The summed E-state index contributed by atoms with van der Waals surface area (Å²) >= 11 is 1.35. The van der Waals surface area contributed by atoms with Crippen LogP contribution in [0, 0.1) is 0 Å². The van der Waals surface area contributed by atoms with Gasteiger partial charge in [0, 0.05) is 22.4 Å². The quantitative estimate of drug-likeness (QED) is 0.449. The Morgan fingerprint density at radius 2 is 1.56 bits per heavy atom. The maximum Gasteiger partial charge on any atom is 0.258 e. The van der Waals surface area contributed by atoms with Crippen LogP contribution in [-0.4, -0.2) is 4.37 Å². The maximum absolute atomic E-state index is 11.3. The summed E-state index contributed by atoms with van der Waals surface area (Å²) < 4.78 is 8.84. The number of hydrogen-bond donors (Lipinski definition) is 1. The first-order valence-corrected chi connectivity index (χ1v) is 8.81. The number of para-hydroxylation sites is 2. The molecule has 0 saturated heterocycles. The first-order valence-electron chi connectivity index (χ1n) is 7.99. The van der Waals surface area contributed by atoms with Gasteiger partial charge in [0.15, 0.2) is 0 Å². The van der Waals surface area contributed by atoms with Crippen LogP contribution in [-0.2, 0) is 0 Å². The molecule has 0 aliphatic carbocycles. The van der Waals surface area contributed by atoms with Crippen LogP contribution >= 0.6 is 11.5 Å². The number of nitrogens with one attached hydrogen (secondary N) is 1. The largest absolute Gasteiger partial charge is 0.455 e. The number of benzene rings is 3. The van der Waals surface area contributed by atoms with E-state index in [0.29, 0.717) is 0 Å². The molecule has 0 unspecified atom stereocenters. The summed E-state index contributed by atoms with van der Waals surface area (Å²) in [5.41, 5.74) is 4.94. The molecule has 2 heterocycles. The van der Waals surface area contributed by atoms with Crippen molar-refractivity contribution in [1.82, 2.24) is 4.37 Å². The average molecular weight is 343 g/mol. The van der Waals surface area contributed by atoms with Crippen LogP contribution in [0.2, 0.25) is 0 Å². The number of rotatable bonds is 2. The van der Waals surface area contributed by atoms with E-state index < -0.39 is 0 Å². The topological polar surface area (TPSA) is 46.0 Å². The first-order chi connectivity index (χ1) is 12.3. The van der Waals surface area contributed by atoms with Gasteiger partial charge in [0.1, 0.15) is 11.2 Å². The van der Waals surface area contributed by atoms with Crippen molar-refractivity contribution in [3.8, 4) is 21.6 Å². The fourth-order valence-electron chi connectivity index (χ4n) is 3.21. The van der Waals surface area contributed by atoms with Gasteiger partial charge in [-0.25, -0.2) is 0 Å². The molecule has 120 valence electrons. The minimum atomic E-state index is -0.0591. The molecule has 0 spiro atoms. The molecule has 1 N–H and O–H groups in total.